The largest absolute Gasteiger partial charge is 0.491 e. The average Bonchev–Trinajstić information content (AvgIpc) is 2.48. The molecule has 8 heteroatoms. The zero-order chi connectivity index (χ0) is 18.9. The maximum Gasteiger partial charge on any atom is 0.264 e. The van der Waals surface area contributed by atoms with E-state index in [-0.39, 0.29) is 24.7 Å². The van der Waals surface area contributed by atoms with Crippen LogP contribution in [-0.2, 0) is 23.8 Å². The number of hydrogen-bond acceptors (Lipinski definition) is 6. The molecular weight excluding hydrogens is 346 g/mol. The van der Waals surface area contributed by atoms with Crippen LogP contribution in [0.1, 0.15) is 33.6 Å². The van der Waals surface area contributed by atoms with Crippen molar-refractivity contribution in [2.45, 2.75) is 39.2 Å². The molecule has 142 valence electrons. The van der Waals surface area contributed by atoms with E-state index in [2.05, 4.69) is 9.50 Å². The van der Waals surface area contributed by atoms with Gasteiger partial charge in [0.15, 0.2) is 0 Å². The molecule has 0 radical (unpaired) electrons. The quantitative estimate of drug-likeness (QED) is 0.501. The first-order chi connectivity index (χ1) is 11.6. The Bertz CT molecular complexity index is 634. The highest BCUT2D eigenvalue weighted by Gasteiger charge is 2.10. The van der Waals surface area contributed by atoms with Crippen LogP contribution in [0.3, 0.4) is 0 Å². The third-order valence-corrected chi connectivity index (χ3v) is 3.47. The van der Waals surface area contributed by atoms with E-state index in [9.17, 15) is 13.2 Å². The lowest BCUT2D eigenvalue weighted by Gasteiger charge is -2.19. The smallest absolute Gasteiger partial charge is 0.264 e. The highest BCUT2D eigenvalue weighted by atomic mass is 32.2. The van der Waals surface area contributed by atoms with E-state index in [4.69, 9.17) is 9.47 Å². The molecule has 0 saturated carbocycles. The summed E-state index contributed by atoms with van der Waals surface area (Å²) in [6.45, 7) is 6.54. The first-order valence-corrected chi connectivity index (χ1v) is 9.88. The zero-order valence-corrected chi connectivity index (χ0v) is 16.0. The highest BCUT2D eigenvalue weighted by Crippen LogP contribution is 2.16. The van der Waals surface area contributed by atoms with Gasteiger partial charge in [0.1, 0.15) is 19.0 Å². The predicted octanol–water partition coefficient (Wildman–Crippen LogP) is 2.58. The van der Waals surface area contributed by atoms with Crippen molar-refractivity contribution in [2.75, 3.05) is 31.4 Å². The van der Waals surface area contributed by atoms with Gasteiger partial charge in [0.05, 0.1) is 11.9 Å². The maximum absolute atomic E-state index is 11.9. The number of anilines is 1. The maximum atomic E-state index is 11.9. The zero-order valence-electron chi connectivity index (χ0n) is 15.2. The molecule has 0 aromatic heterocycles. The number of carbonyl (C=O) groups is 1. The highest BCUT2D eigenvalue weighted by molar-refractivity contribution is 7.85. The summed E-state index contributed by atoms with van der Waals surface area (Å²) in [5.41, 5.74) is 0.472. The van der Waals surface area contributed by atoms with E-state index in [0.29, 0.717) is 30.9 Å². The molecule has 0 unspecified atom stereocenters. The fourth-order valence-corrected chi connectivity index (χ4v) is 2.18. The second kappa shape index (κ2) is 9.74. The molecule has 1 rings (SSSR count). The molecule has 7 nitrogen and oxygen atoms in total. The molecule has 0 atom stereocenters. The Morgan fingerprint density at radius 1 is 1.08 bits per heavy atom. The summed E-state index contributed by atoms with van der Waals surface area (Å²) in [6, 6.07) is 6.82. The van der Waals surface area contributed by atoms with Gasteiger partial charge in [-0.15, -0.1) is 0 Å². The number of benzene rings is 1. The van der Waals surface area contributed by atoms with Gasteiger partial charge in [0.25, 0.3) is 10.1 Å². The van der Waals surface area contributed by atoms with Crippen molar-refractivity contribution in [1.82, 2.24) is 0 Å². The molecule has 0 saturated heterocycles. The minimum atomic E-state index is -3.45. The fraction of sp³-hybridized carbons (Fsp3) is 0.588. The van der Waals surface area contributed by atoms with Gasteiger partial charge in [-0.2, -0.15) is 8.42 Å². The normalized spacial score (nSPS) is 12.0. The summed E-state index contributed by atoms with van der Waals surface area (Å²) in [5.74, 6) is 0.487. The number of ether oxygens (including phenoxy) is 2. The van der Waals surface area contributed by atoms with E-state index < -0.39 is 10.1 Å². The molecule has 1 aromatic carbocycles. The predicted molar refractivity (Wildman–Crippen MR) is 96.3 cm³/mol. The SMILES string of the molecule is CC(C)(C)OCCCC(=O)Nc1ccc(OCCOS(C)(=O)=O)cc1. The van der Waals surface area contributed by atoms with E-state index in [1.54, 1.807) is 24.3 Å². The second-order valence-electron chi connectivity index (χ2n) is 6.51. The van der Waals surface area contributed by atoms with Crippen molar-refractivity contribution >= 4 is 21.7 Å². The Hall–Kier alpha value is -1.64. The molecule has 1 amide bonds. The molecule has 1 N–H and O–H groups in total. The van der Waals surface area contributed by atoms with Crippen LogP contribution in [0.4, 0.5) is 5.69 Å². The number of nitrogens with one attached hydrogen (secondary N) is 1. The van der Waals surface area contributed by atoms with Gasteiger partial charge in [-0.3, -0.25) is 8.98 Å². The molecule has 0 aliphatic rings. The summed E-state index contributed by atoms with van der Waals surface area (Å²) in [5, 5.41) is 2.80. The van der Waals surface area contributed by atoms with Crippen LogP contribution in [0.15, 0.2) is 24.3 Å². The minimum absolute atomic E-state index is 0.0477. The molecule has 0 aliphatic carbocycles. The second-order valence-corrected chi connectivity index (χ2v) is 8.16. The first kappa shape index (κ1) is 21.4. The fourth-order valence-electron chi connectivity index (χ4n) is 1.81. The lowest BCUT2D eigenvalue weighted by molar-refractivity contribution is -0.116. The number of amides is 1. The van der Waals surface area contributed by atoms with Gasteiger partial charge in [-0.25, -0.2) is 0 Å². The lowest BCUT2D eigenvalue weighted by Crippen LogP contribution is -2.20. The number of carbonyl (C=O) groups excluding carboxylic acids is 1. The van der Waals surface area contributed by atoms with E-state index in [0.717, 1.165) is 6.26 Å². The Balaban J connectivity index is 2.28. The van der Waals surface area contributed by atoms with Crippen LogP contribution < -0.4 is 10.1 Å². The summed E-state index contributed by atoms with van der Waals surface area (Å²) in [4.78, 5) is 11.9. The number of rotatable bonds is 10. The summed E-state index contributed by atoms with van der Waals surface area (Å²) < 4.78 is 37.1. The van der Waals surface area contributed by atoms with Gasteiger partial charge >= 0.3 is 0 Å². The van der Waals surface area contributed by atoms with Crippen LogP contribution in [0.2, 0.25) is 0 Å². The van der Waals surface area contributed by atoms with Crippen molar-refractivity contribution in [2.24, 2.45) is 0 Å². The molecule has 0 spiro atoms. The molecule has 0 heterocycles. The monoisotopic (exact) mass is 373 g/mol. The van der Waals surface area contributed by atoms with Crippen molar-refractivity contribution in [3.05, 3.63) is 24.3 Å². The van der Waals surface area contributed by atoms with Crippen LogP contribution >= 0.6 is 0 Å². The summed E-state index contributed by atoms with van der Waals surface area (Å²) >= 11 is 0. The summed E-state index contributed by atoms with van der Waals surface area (Å²) in [7, 11) is -3.45. The third-order valence-electron chi connectivity index (χ3n) is 2.87. The van der Waals surface area contributed by atoms with E-state index in [1.807, 2.05) is 20.8 Å². The van der Waals surface area contributed by atoms with Crippen molar-refractivity contribution in [3.8, 4) is 5.75 Å². The van der Waals surface area contributed by atoms with Gasteiger partial charge in [-0.1, -0.05) is 0 Å². The van der Waals surface area contributed by atoms with Gasteiger partial charge < -0.3 is 14.8 Å². The third kappa shape index (κ3) is 11.5. The molecule has 25 heavy (non-hydrogen) atoms. The van der Waals surface area contributed by atoms with E-state index in [1.165, 1.54) is 0 Å². The molecule has 0 fully saturated rings. The average molecular weight is 373 g/mol. The minimum Gasteiger partial charge on any atom is -0.491 e. The van der Waals surface area contributed by atoms with Gasteiger partial charge in [0.2, 0.25) is 5.91 Å². The Labute approximate surface area is 149 Å². The molecule has 0 aliphatic heterocycles. The van der Waals surface area contributed by atoms with Crippen LogP contribution in [-0.4, -0.2) is 46.0 Å². The topological polar surface area (TPSA) is 90.9 Å². The standard InChI is InChI=1S/C17H27NO6S/c1-17(2,3)23-11-5-6-16(19)18-14-7-9-15(10-8-14)22-12-13-24-25(4,20)21/h7-10H,5-6,11-13H2,1-4H3,(H,18,19). The lowest BCUT2D eigenvalue weighted by atomic mass is 10.2. The van der Waals surface area contributed by atoms with Crippen LogP contribution in [0.5, 0.6) is 5.75 Å². The molecule has 0 bridgehead atoms. The van der Waals surface area contributed by atoms with Crippen molar-refractivity contribution in [1.29, 1.82) is 0 Å². The van der Waals surface area contributed by atoms with Gasteiger partial charge in [-0.05, 0) is 51.5 Å². The molecular formula is C17H27NO6S. The van der Waals surface area contributed by atoms with Crippen molar-refractivity contribution in [3.63, 3.8) is 0 Å². The summed E-state index contributed by atoms with van der Waals surface area (Å²) in [6.07, 6.45) is 2.03. The van der Waals surface area contributed by atoms with Crippen molar-refractivity contribution < 1.29 is 26.9 Å². The van der Waals surface area contributed by atoms with Crippen LogP contribution in [0.25, 0.3) is 0 Å². The Kier molecular flexibility index (Phi) is 8.34. The first-order valence-electron chi connectivity index (χ1n) is 8.06. The van der Waals surface area contributed by atoms with Crippen LogP contribution in [0, 0.1) is 0 Å². The Morgan fingerprint density at radius 3 is 2.28 bits per heavy atom. The number of hydrogen-bond donors (Lipinski definition) is 1. The van der Waals surface area contributed by atoms with Gasteiger partial charge in [0, 0.05) is 18.7 Å². The Morgan fingerprint density at radius 2 is 1.72 bits per heavy atom. The van der Waals surface area contributed by atoms with E-state index >= 15 is 0 Å². The molecule has 1 aromatic rings.